The van der Waals surface area contributed by atoms with Crippen LogP contribution in [0.3, 0.4) is 0 Å². The number of aromatic nitrogens is 3. The number of carbonyl (C=O) groups is 1. The molecule has 1 aromatic carbocycles. The molecule has 2 aliphatic rings. The predicted molar refractivity (Wildman–Crippen MR) is 149 cm³/mol. The van der Waals surface area contributed by atoms with Gasteiger partial charge >= 0.3 is 6.18 Å². The molecule has 3 aromatic rings. The van der Waals surface area contributed by atoms with Crippen LogP contribution in [-0.4, -0.2) is 33.4 Å². The highest BCUT2D eigenvalue weighted by Crippen LogP contribution is 2.30. The average Bonchev–Trinajstić information content (AvgIpc) is 2.95. The first kappa shape index (κ1) is 27.4. The number of rotatable bonds is 6. The first-order valence-electron chi connectivity index (χ1n) is 12.7. The monoisotopic (exact) mass is 558 g/mol. The quantitative estimate of drug-likeness (QED) is 0.369. The number of allylic oxidation sites excluding steroid dienone is 3. The van der Waals surface area contributed by atoms with E-state index in [9.17, 15) is 18.0 Å². The maximum atomic E-state index is 13.1. The molecule has 0 saturated heterocycles. The van der Waals surface area contributed by atoms with Crippen molar-refractivity contribution in [2.45, 2.75) is 26.4 Å². The molecule has 0 fully saturated rings. The van der Waals surface area contributed by atoms with Gasteiger partial charge < -0.3 is 16.0 Å². The number of guanidine groups is 1. The fourth-order valence-electron chi connectivity index (χ4n) is 4.10. The number of nitrogens with zero attached hydrogens (tertiary/aromatic N) is 5. The van der Waals surface area contributed by atoms with Gasteiger partial charge in [-0.05, 0) is 61.2 Å². The van der Waals surface area contributed by atoms with Gasteiger partial charge in [-0.1, -0.05) is 25.0 Å². The van der Waals surface area contributed by atoms with Crippen molar-refractivity contribution in [2.75, 3.05) is 16.8 Å². The van der Waals surface area contributed by atoms with Crippen molar-refractivity contribution in [3.63, 3.8) is 0 Å². The van der Waals surface area contributed by atoms with Crippen molar-refractivity contribution in [3.8, 4) is 12.0 Å². The number of pyridine rings is 1. The van der Waals surface area contributed by atoms with E-state index in [0.717, 1.165) is 23.4 Å². The topological polar surface area (TPSA) is 107 Å². The molecule has 5 rings (SSSR count). The third-order valence-electron chi connectivity index (χ3n) is 6.26. The molecule has 1 amide bonds. The van der Waals surface area contributed by atoms with E-state index in [1.165, 1.54) is 18.5 Å². The van der Waals surface area contributed by atoms with Gasteiger partial charge in [0.1, 0.15) is 24.5 Å². The fourth-order valence-corrected chi connectivity index (χ4v) is 4.10. The van der Waals surface area contributed by atoms with Gasteiger partial charge in [0.15, 0.2) is 5.82 Å². The van der Waals surface area contributed by atoms with Crippen LogP contribution in [0.2, 0.25) is 0 Å². The molecular formula is C29H25F3N8O. The number of aliphatic imine (C=N–C) groups is 1. The molecule has 0 radical (unpaired) electrons. The fraction of sp³-hybridized carbons (Fsp3) is 0.207. The summed E-state index contributed by atoms with van der Waals surface area (Å²) in [6, 6.07) is 12.8. The van der Waals surface area contributed by atoms with Gasteiger partial charge in [-0.3, -0.25) is 4.79 Å². The number of amides is 1. The summed E-state index contributed by atoms with van der Waals surface area (Å²) in [5.74, 6) is 4.42. The number of aryl methyl sites for hydroxylation is 1. The summed E-state index contributed by atoms with van der Waals surface area (Å²) in [6.07, 6.45) is 2.71. The van der Waals surface area contributed by atoms with E-state index in [0.29, 0.717) is 35.5 Å². The molecule has 208 valence electrons. The summed E-state index contributed by atoms with van der Waals surface area (Å²) >= 11 is 0. The Morgan fingerprint density at radius 1 is 1.07 bits per heavy atom. The Labute approximate surface area is 234 Å². The number of hydrogen-bond donors (Lipinski definition) is 3. The molecule has 1 atom stereocenters. The van der Waals surface area contributed by atoms with E-state index >= 15 is 0 Å². The molecule has 1 aliphatic heterocycles. The normalized spacial score (nSPS) is 16.5. The molecule has 0 saturated carbocycles. The van der Waals surface area contributed by atoms with Crippen LogP contribution in [0, 0.1) is 24.8 Å². The van der Waals surface area contributed by atoms with Crippen LogP contribution >= 0.6 is 0 Å². The Hall–Kier alpha value is -5.18. The van der Waals surface area contributed by atoms with E-state index in [1.54, 1.807) is 23.2 Å². The standard InChI is InChI=1S/C29H25F3N8O/c1-18-9-11-33-24(13-18)39-25-16-26(36-17-35-25)40-12-4-10-34-28(40)38-23-15-22(8-7-19(23)2)37-27(41)20-5-3-6-21(14-20)29(30,31)32/h3,5-6,8-9,11,13-17,19H,7,10H2,1-2H3,(H,34,38)(H,37,41)(H,33,35,36,39). The first-order chi connectivity index (χ1) is 19.7. The third-order valence-corrected chi connectivity index (χ3v) is 6.26. The number of hydrogen-bond acceptors (Lipinski definition) is 8. The lowest BCUT2D eigenvalue weighted by molar-refractivity contribution is -0.137. The van der Waals surface area contributed by atoms with Crippen LogP contribution < -0.4 is 20.9 Å². The van der Waals surface area contributed by atoms with Crippen LogP contribution in [0.1, 0.15) is 34.8 Å². The minimum atomic E-state index is -4.54. The molecule has 0 spiro atoms. The van der Waals surface area contributed by atoms with E-state index in [-0.39, 0.29) is 18.0 Å². The Kier molecular flexibility index (Phi) is 7.69. The number of anilines is 3. The summed E-state index contributed by atoms with van der Waals surface area (Å²) in [5, 5.41) is 9.16. The van der Waals surface area contributed by atoms with Crippen LogP contribution in [0.15, 0.2) is 83.5 Å². The van der Waals surface area contributed by atoms with Gasteiger partial charge in [-0.2, -0.15) is 13.2 Å². The van der Waals surface area contributed by atoms with Gasteiger partial charge in [-0.15, -0.1) is 0 Å². The molecule has 1 aliphatic carbocycles. The second-order valence-corrected chi connectivity index (χ2v) is 9.42. The lowest BCUT2D eigenvalue weighted by atomic mass is 9.97. The van der Waals surface area contributed by atoms with Crippen LogP contribution in [-0.2, 0) is 6.18 Å². The van der Waals surface area contributed by atoms with Gasteiger partial charge in [0, 0.05) is 35.3 Å². The lowest BCUT2D eigenvalue weighted by Gasteiger charge is -2.27. The molecule has 12 heteroatoms. The molecule has 3 heterocycles. The van der Waals surface area contributed by atoms with Crippen molar-refractivity contribution in [1.29, 1.82) is 0 Å². The Balaban J connectivity index is 1.31. The van der Waals surface area contributed by atoms with E-state index in [4.69, 9.17) is 0 Å². The summed E-state index contributed by atoms with van der Waals surface area (Å²) in [5.41, 5.74) is 1.28. The average molecular weight is 559 g/mol. The zero-order valence-corrected chi connectivity index (χ0v) is 22.1. The number of alkyl halides is 3. The molecular weight excluding hydrogens is 533 g/mol. The molecule has 3 N–H and O–H groups in total. The maximum Gasteiger partial charge on any atom is 0.416 e. The Bertz CT molecular complexity index is 1630. The zero-order valence-electron chi connectivity index (χ0n) is 22.1. The molecule has 1 unspecified atom stereocenters. The van der Waals surface area contributed by atoms with Crippen LogP contribution in [0.25, 0.3) is 0 Å². The summed E-state index contributed by atoms with van der Waals surface area (Å²) in [7, 11) is 0. The molecule has 41 heavy (non-hydrogen) atoms. The van der Waals surface area contributed by atoms with Crippen LogP contribution in [0.5, 0.6) is 0 Å². The SMILES string of the molecule is Cc1ccnc(Nc2cc(N3C#CCN=C3NC3=CC(NC(=O)c4cccc(C(F)(F)F)c4)=CCC3C)ncn2)c1. The van der Waals surface area contributed by atoms with Gasteiger partial charge in [0.25, 0.3) is 5.91 Å². The smallest absolute Gasteiger partial charge is 0.328 e. The van der Waals surface area contributed by atoms with Crippen molar-refractivity contribution in [1.82, 2.24) is 25.6 Å². The largest absolute Gasteiger partial charge is 0.416 e. The number of halogens is 3. The van der Waals surface area contributed by atoms with Crippen molar-refractivity contribution in [3.05, 3.63) is 95.2 Å². The van der Waals surface area contributed by atoms with Crippen molar-refractivity contribution < 1.29 is 18.0 Å². The maximum absolute atomic E-state index is 13.1. The van der Waals surface area contributed by atoms with Gasteiger partial charge in [0.2, 0.25) is 5.96 Å². The number of nitrogens with one attached hydrogen (secondary N) is 3. The Morgan fingerprint density at radius 2 is 1.90 bits per heavy atom. The van der Waals surface area contributed by atoms with Crippen LogP contribution in [0.4, 0.5) is 30.6 Å². The zero-order chi connectivity index (χ0) is 29.0. The Morgan fingerprint density at radius 3 is 2.71 bits per heavy atom. The van der Waals surface area contributed by atoms with Crippen molar-refractivity contribution >= 4 is 29.3 Å². The second-order valence-electron chi connectivity index (χ2n) is 9.42. The van der Waals surface area contributed by atoms with E-state index in [1.807, 2.05) is 32.1 Å². The summed E-state index contributed by atoms with van der Waals surface area (Å²) < 4.78 is 39.3. The third kappa shape index (κ3) is 6.70. The second kappa shape index (κ2) is 11.5. The first-order valence-corrected chi connectivity index (χ1v) is 12.7. The minimum Gasteiger partial charge on any atom is -0.328 e. The number of carbonyl (C=O) groups excluding carboxylic acids is 1. The number of benzene rings is 1. The van der Waals surface area contributed by atoms with Gasteiger partial charge in [-0.25, -0.2) is 24.8 Å². The van der Waals surface area contributed by atoms with Gasteiger partial charge in [0.05, 0.1) is 5.56 Å². The molecule has 2 aromatic heterocycles. The van der Waals surface area contributed by atoms with Crippen molar-refractivity contribution in [2.24, 2.45) is 10.9 Å². The molecule has 0 bridgehead atoms. The highest BCUT2D eigenvalue weighted by Gasteiger charge is 2.31. The minimum absolute atomic E-state index is 0.0404. The summed E-state index contributed by atoms with van der Waals surface area (Å²) in [6.45, 7) is 4.24. The lowest BCUT2D eigenvalue weighted by Crippen LogP contribution is -2.42. The highest BCUT2D eigenvalue weighted by molar-refractivity contribution is 6.00. The molecule has 9 nitrogen and oxygen atoms in total. The predicted octanol–water partition coefficient (Wildman–Crippen LogP) is 4.91. The van der Waals surface area contributed by atoms with E-state index < -0.39 is 17.6 Å². The highest BCUT2D eigenvalue weighted by atomic mass is 19.4. The van der Waals surface area contributed by atoms with E-state index in [2.05, 4.69) is 47.9 Å². The summed E-state index contributed by atoms with van der Waals surface area (Å²) in [4.78, 5) is 31.8.